The van der Waals surface area contributed by atoms with Crippen molar-refractivity contribution >= 4 is 0 Å². The van der Waals surface area contributed by atoms with E-state index in [0.717, 1.165) is 6.04 Å². The molecule has 0 spiro atoms. The second-order valence-electron chi connectivity index (χ2n) is 4.57. The highest BCUT2D eigenvalue weighted by atomic mass is 15.2. The Hall–Kier alpha value is -0.340. The molecule has 1 N–H and O–H groups in total. The Bertz CT molecular complexity index is 194. The highest BCUT2D eigenvalue weighted by Gasteiger charge is 2.23. The van der Waals surface area contributed by atoms with Crippen LogP contribution in [0.3, 0.4) is 0 Å². The van der Waals surface area contributed by atoms with Gasteiger partial charge in [0.15, 0.2) is 0 Å². The molecule has 0 aromatic carbocycles. The number of hydrogen-bond acceptors (Lipinski definition) is 2. The minimum atomic E-state index is 0.715. The van der Waals surface area contributed by atoms with Gasteiger partial charge in [-0.1, -0.05) is 12.2 Å². The van der Waals surface area contributed by atoms with E-state index in [1.54, 1.807) is 0 Å². The molecule has 1 atom stereocenters. The number of nitrogens with one attached hydrogen (secondary N) is 1. The summed E-state index contributed by atoms with van der Waals surface area (Å²) in [5.74, 6) is 0. The first-order valence-electron chi connectivity index (χ1n) is 5.97. The molecule has 1 saturated heterocycles. The zero-order valence-electron chi connectivity index (χ0n) is 9.21. The third-order valence-electron chi connectivity index (χ3n) is 3.64. The maximum atomic E-state index is 3.43. The van der Waals surface area contributed by atoms with Crippen molar-refractivity contribution in [3.8, 4) is 0 Å². The fraction of sp³-hybridized carbons (Fsp3) is 0.833. The molecule has 2 heteroatoms. The second kappa shape index (κ2) is 4.94. The van der Waals surface area contributed by atoms with Crippen LogP contribution in [0.1, 0.15) is 32.1 Å². The SMILES string of the molecule is CN(C1C=CCCC1)C1CCNCC1. The molecule has 0 amide bonds. The monoisotopic (exact) mass is 194 g/mol. The summed E-state index contributed by atoms with van der Waals surface area (Å²) in [6.45, 7) is 2.40. The van der Waals surface area contributed by atoms with Crippen LogP contribution in [0, 0.1) is 0 Å². The Labute approximate surface area is 87.4 Å². The highest BCUT2D eigenvalue weighted by Crippen LogP contribution is 2.20. The van der Waals surface area contributed by atoms with E-state index in [9.17, 15) is 0 Å². The molecule has 0 saturated carbocycles. The second-order valence-corrected chi connectivity index (χ2v) is 4.57. The van der Waals surface area contributed by atoms with Crippen molar-refractivity contribution in [2.75, 3.05) is 20.1 Å². The first-order chi connectivity index (χ1) is 6.88. The van der Waals surface area contributed by atoms with E-state index in [1.807, 2.05) is 0 Å². The summed E-state index contributed by atoms with van der Waals surface area (Å²) in [6.07, 6.45) is 11.4. The summed E-state index contributed by atoms with van der Waals surface area (Å²) in [5, 5.41) is 3.43. The van der Waals surface area contributed by atoms with E-state index in [1.165, 1.54) is 45.2 Å². The highest BCUT2D eigenvalue weighted by molar-refractivity contribution is 4.99. The minimum Gasteiger partial charge on any atom is -0.317 e. The quantitative estimate of drug-likeness (QED) is 0.674. The summed E-state index contributed by atoms with van der Waals surface area (Å²) >= 11 is 0. The average Bonchev–Trinajstić information content (AvgIpc) is 2.30. The van der Waals surface area contributed by atoms with Crippen LogP contribution >= 0.6 is 0 Å². The van der Waals surface area contributed by atoms with Gasteiger partial charge in [0.25, 0.3) is 0 Å². The number of nitrogens with zero attached hydrogens (tertiary/aromatic N) is 1. The molecule has 0 bridgehead atoms. The van der Waals surface area contributed by atoms with Crippen LogP contribution in [0.15, 0.2) is 12.2 Å². The van der Waals surface area contributed by atoms with Crippen LogP contribution in [0.5, 0.6) is 0 Å². The zero-order chi connectivity index (χ0) is 9.80. The van der Waals surface area contributed by atoms with Crippen molar-refractivity contribution in [3.63, 3.8) is 0 Å². The lowest BCUT2D eigenvalue weighted by atomic mass is 9.97. The number of allylic oxidation sites excluding steroid dienone is 1. The van der Waals surface area contributed by atoms with E-state index >= 15 is 0 Å². The van der Waals surface area contributed by atoms with Crippen LogP contribution in [0.2, 0.25) is 0 Å². The van der Waals surface area contributed by atoms with Crippen molar-refractivity contribution in [2.45, 2.75) is 44.2 Å². The van der Waals surface area contributed by atoms with E-state index < -0.39 is 0 Å². The van der Waals surface area contributed by atoms with Gasteiger partial charge in [-0.25, -0.2) is 0 Å². The molecule has 0 aromatic rings. The largest absolute Gasteiger partial charge is 0.317 e. The van der Waals surface area contributed by atoms with Crippen LogP contribution in [-0.2, 0) is 0 Å². The summed E-state index contributed by atoms with van der Waals surface area (Å²) in [4.78, 5) is 2.59. The third kappa shape index (κ3) is 2.37. The number of likely N-dealkylation sites (N-methyl/N-ethyl adjacent to an activating group) is 1. The minimum absolute atomic E-state index is 0.715. The summed E-state index contributed by atoms with van der Waals surface area (Å²) < 4.78 is 0. The lowest BCUT2D eigenvalue weighted by Crippen LogP contribution is -2.45. The molecule has 0 aromatic heterocycles. The van der Waals surface area contributed by atoms with Gasteiger partial charge in [0.2, 0.25) is 0 Å². The van der Waals surface area contributed by atoms with E-state index in [2.05, 4.69) is 29.4 Å². The van der Waals surface area contributed by atoms with Gasteiger partial charge in [-0.3, -0.25) is 4.90 Å². The average molecular weight is 194 g/mol. The van der Waals surface area contributed by atoms with E-state index in [0.29, 0.717) is 6.04 Å². The predicted octanol–water partition coefficient (Wildman–Crippen LogP) is 1.78. The summed E-state index contributed by atoms with van der Waals surface area (Å²) in [5.41, 5.74) is 0. The Morgan fingerprint density at radius 3 is 2.64 bits per heavy atom. The van der Waals surface area contributed by atoms with Gasteiger partial charge >= 0.3 is 0 Å². The van der Waals surface area contributed by atoms with Gasteiger partial charge in [0, 0.05) is 12.1 Å². The Morgan fingerprint density at radius 1 is 1.21 bits per heavy atom. The fourth-order valence-corrected chi connectivity index (χ4v) is 2.62. The number of hydrogen-bond donors (Lipinski definition) is 1. The smallest absolute Gasteiger partial charge is 0.0278 e. The Kier molecular flexibility index (Phi) is 3.60. The maximum absolute atomic E-state index is 3.43. The molecular formula is C12H22N2. The van der Waals surface area contributed by atoms with Gasteiger partial charge in [-0.2, -0.15) is 0 Å². The lowest BCUT2D eigenvalue weighted by molar-refractivity contribution is 0.157. The van der Waals surface area contributed by atoms with Gasteiger partial charge in [0.1, 0.15) is 0 Å². The molecule has 1 heterocycles. The molecule has 80 valence electrons. The lowest BCUT2D eigenvalue weighted by Gasteiger charge is -2.37. The summed E-state index contributed by atoms with van der Waals surface area (Å²) in [7, 11) is 2.30. The molecule has 1 aliphatic heterocycles. The van der Waals surface area contributed by atoms with Crippen molar-refractivity contribution < 1.29 is 0 Å². The number of piperidine rings is 1. The molecule has 2 rings (SSSR count). The molecule has 1 unspecified atom stereocenters. The fourth-order valence-electron chi connectivity index (χ4n) is 2.62. The molecule has 1 aliphatic carbocycles. The zero-order valence-corrected chi connectivity index (χ0v) is 9.21. The topological polar surface area (TPSA) is 15.3 Å². The van der Waals surface area contributed by atoms with Crippen molar-refractivity contribution in [1.29, 1.82) is 0 Å². The van der Waals surface area contributed by atoms with Crippen molar-refractivity contribution in [2.24, 2.45) is 0 Å². The van der Waals surface area contributed by atoms with Crippen molar-refractivity contribution in [1.82, 2.24) is 10.2 Å². The Balaban J connectivity index is 1.88. The molecule has 0 radical (unpaired) electrons. The third-order valence-corrected chi connectivity index (χ3v) is 3.64. The van der Waals surface area contributed by atoms with Crippen LogP contribution < -0.4 is 5.32 Å². The Morgan fingerprint density at radius 2 is 2.00 bits per heavy atom. The van der Waals surface area contributed by atoms with Crippen LogP contribution in [0.4, 0.5) is 0 Å². The number of rotatable bonds is 2. The van der Waals surface area contributed by atoms with Crippen LogP contribution in [-0.4, -0.2) is 37.1 Å². The predicted molar refractivity (Wildman–Crippen MR) is 60.4 cm³/mol. The first-order valence-corrected chi connectivity index (χ1v) is 5.97. The van der Waals surface area contributed by atoms with Gasteiger partial charge in [-0.05, 0) is 52.2 Å². The van der Waals surface area contributed by atoms with Crippen LogP contribution in [0.25, 0.3) is 0 Å². The van der Waals surface area contributed by atoms with Crippen molar-refractivity contribution in [3.05, 3.63) is 12.2 Å². The van der Waals surface area contributed by atoms with Gasteiger partial charge in [0.05, 0.1) is 0 Å². The van der Waals surface area contributed by atoms with Gasteiger partial charge < -0.3 is 5.32 Å². The van der Waals surface area contributed by atoms with E-state index in [4.69, 9.17) is 0 Å². The standard InChI is InChI=1S/C12H22N2/c1-14(11-5-3-2-4-6-11)12-7-9-13-10-8-12/h3,5,11-13H,2,4,6-10H2,1H3. The first kappa shape index (κ1) is 10.2. The molecule has 1 fully saturated rings. The normalized spacial score (nSPS) is 29.7. The molecular weight excluding hydrogens is 172 g/mol. The van der Waals surface area contributed by atoms with E-state index in [-0.39, 0.29) is 0 Å². The van der Waals surface area contributed by atoms with Gasteiger partial charge in [-0.15, -0.1) is 0 Å². The molecule has 2 nitrogen and oxygen atoms in total. The molecule has 14 heavy (non-hydrogen) atoms. The molecule has 2 aliphatic rings. The maximum Gasteiger partial charge on any atom is 0.0278 e. The summed E-state index contributed by atoms with van der Waals surface area (Å²) in [6, 6.07) is 1.52.